The molecule has 3 aromatic rings. The molecule has 0 atom stereocenters. The Labute approximate surface area is 130 Å². The molecule has 6 heteroatoms. The highest BCUT2D eigenvalue weighted by atomic mass is 32.1. The number of rotatable bonds is 3. The van der Waals surface area contributed by atoms with Crippen LogP contribution in [0.15, 0.2) is 54.2 Å². The molecule has 1 N–H and O–H groups in total. The summed E-state index contributed by atoms with van der Waals surface area (Å²) in [6.45, 7) is 0. The van der Waals surface area contributed by atoms with Crippen LogP contribution in [0.25, 0.3) is 11.3 Å². The molecule has 22 heavy (non-hydrogen) atoms. The van der Waals surface area contributed by atoms with E-state index in [1.54, 1.807) is 36.7 Å². The second-order valence-electron chi connectivity index (χ2n) is 4.42. The van der Waals surface area contributed by atoms with Crippen molar-refractivity contribution >= 4 is 22.4 Å². The zero-order chi connectivity index (χ0) is 15.4. The van der Waals surface area contributed by atoms with Gasteiger partial charge in [-0.3, -0.25) is 15.1 Å². The number of amides is 1. The highest BCUT2D eigenvalue weighted by molar-refractivity contribution is 7.14. The fraction of sp³-hybridized carbons (Fsp3) is 0. The number of thiazole rings is 1. The number of hydrogen-bond donors (Lipinski definition) is 1. The van der Waals surface area contributed by atoms with E-state index in [9.17, 15) is 4.79 Å². The Hall–Kier alpha value is -3.04. The molecular weight excluding hydrogens is 296 g/mol. The molecule has 0 aliphatic heterocycles. The van der Waals surface area contributed by atoms with E-state index in [1.165, 1.54) is 11.3 Å². The Morgan fingerprint density at radius 2 is 2.05 bits per heavy atom. The molecule has 2 heterocycles. The van der Waals surface area contributed by atoms with Crippen molar-refractivity contribution in [2.45, 2.75) is 0 Å². The Morgan fingerprint density at radius 3 is 2.73 bits per heavy atom. The molecule has 0 fully saturated rings. The summed E-state index contributed by atoms with van der Waals surface area (Å²) in [5.41, 5.74) is 2.67. The number of carbonyl (C=O) groups is 1. The number of carbonyl (C=O) groups excluding carboxylic acids is 1. The van der Waals surface area contributed by atoms with Crippen molar-refractivity contribution in [3.63, 3.8) is 0 Å². The van der Waals surface area contributed by atoms with E-state index in [2.05, 4.69) is 15.3 Å². The van der Waals surface area contributed by atoms with Gasteiger partial charge in [0.1, 0.15) is 0 Å². The Bertz CT molecular complexity index is 835. The molecule has 0 saturated heterocycles. The molecule has 2 aromatic heterocycles. The maximum absolute atomic E-state index is 12.1. The maximum Gasteiger partial charge on any atom is 0.257 e. The van der Waals surface area contributed by atoms with Crippen molar-refractivity contribution in [1.29, 1.82) is 5.26 Å². The van der Waals surface area contributed by atoms with Gasteiger partial charge >= 0.3 is 0 Å². The molecule has 0 spiro atoms. The van der Waals surface area contributed by atoms with Crippen LogP contribution in [0, 0.1) is 11.3 Å². The third-order valence-electron chi connectivity index (χ3n) is 2.96. The summed E-state index contributed by atoms with van der Waals surface area (Å²) in [6, 6.07) is 12.2. The second kappa shape index (κ2) is 6.16. The van der Waals surface area contributed by atoms with Gasteiger partial charge in [-0.05, 0) is 36.4 Å². The number of benzene rings is 1. The summed E-state index contributed by atoms with van der Waals surface area (Å²) in [6.07, 6.45) is 3.42. The molecule has 3 rings (SSSR count). The minimum absolute atomic E-state index is 0.253. The summed E-state index contributed by atoms with van der Waals surface area (Å²) < 4.78 is 0. The van der Waals surface area contributed by atoms with Gasteiger partial charge in [0.25, 0.3) is 5.91 Å². The average Bonchev–Trinajstić information content (AvgIpc) is 3.04. The van der Waals surface area contributed by atoms with Gasteiger partial charge in [-0.2, -0.15) is 5.26 Å². The molecule has 5 nitrogen and oxygen atoms in total. The molecule has 0 saturated carbocycles. The number of hydrogen-bond acceptors (Lipinski definition) is 5. The SMILES string of the molecule is N#Cc1ccc(C(=O)Nc2nc(-c3cccnc3)cs2)cc1. The molecule has 1 aromatic carbocycles. The molecule has 0 aliphatic rings. The van der Waals surface area contributed by atoms with E-state index in [-0.39, 0.29) is 5.91 Å². The lowest BCUT2D eigenvalue weighted by atomic mass is 10.1. The van der Waals surface area contributed by atoms with Gasteiger partial charge < -0.3 is 0 Å². The van der Waals surface area contributed by atoms with Gasteiger partial charge in [-0.25, -0.2) is 4.98 Å². The zero-order valence-corrected chi connectivity index (χ0v) is 12.2. The van der Waals surface area contributed by atoms with Crippen molar-refractivity contribution in [3.8, 4) is 17.3 Å². The van der Waals surface area contributed by atoms with E-state index in [0.29, 0.717) is 16.3 Å². The summed E-state index contributed by atoms with van der Waals surface area (Å²) in [4.78, 5) is 20.5. The normalized spacial score (nSPS) is 9.95. The average molecular weight is 306 g/mol. The standard InChI is InChI=1S/C16H10N4OS/c17-8-11-3-5-12(6-4-11)15(21)20-16-19-14(10-22-16)13-2-1-7-18-9-13/h1-7,9-10H,(H,19,20,21). The van der Waals surface area contributed by atoms with Crippen LogP contribution in [0.5, 0.6) is 0 Å². The van der Waals surface area contributed by atoms with Crippen molar-refractivity contribution in [1.82, 2.24) is 9.97 Å². The van der Waals surface area contributed by atoms with Crippen LogP contribution in [0.3, 0.4) is 0 Å². The predicted molar refractivity (Wildman–Crippen MR) is 84.5 cm³/mol. The zero-order valence-electron chi connectivity index (χ0n) is 11.4. The van der Waals surface area contributed by atoms with Gasteiger partial charge in [-0.1, -0.05) is 0 Å². The first-order valence-corrected chi connectivity index (χ1v) is 7.31. The minimum atomic E-state index is -0.253. The van der Waals surface area contributed by atoms with Crippen molar-refractivity contribution < 1.29 is 4.79 Å². The fourth-order valence-corrected chi connectivity index (χ4v) is 2.56. The Balaban J connectivity index is 1.74. The van der Waals surface area contributed by atoms with Gasteiger partial charge in [0.15, 0.2) is 5.13 Å². The quantitative estimate of drug-likeness (QED) is 0.805. The molecule has 106 valence electrons. The summed E-state index contributed by atoms with van der Waals surface area (Å²) in [7, 11) is 0. The van der Waals surface area contributed by atoms with Gasteiger partial charge in [-0.15, -0.1) is 11.3 Å². The van der Waals surface area contributed by atoms with Crippen molar-refractivity contribution in [3.05, 3.63) is 65.3 Å². The van der Waals surface area contributed by atoms with E-state index < -0.39 is 0 Å². The van der Waals surface area contributed by atoms with Gasteiger partial charge in [0.05, 0.1) is 17.3 Å². The van der Waals surface area contributed by atoms with Gasteiger partial charge in [0.2, 0.25) is 0 Å². The Morgan fingerprint density at radius 1 is 1.23 bits per heavy atom. The third kappa shape index (κ3) is 3.00. The number of aromatic nitrogens is 2. The van der Waals surface area contributed by atoms with Crippen LogP contribution >= 0.6 is 11.3 Å². The predicted octanol–water partition coefficient (Wildman–Crippen LogP) is 3.33. The minimum Gasteiger partial charge on any atom is -0.298 e. The first-order chi connectivity index (χ1) is 10.8. The van der Waals surface area contributed by atoms with Gasteiger partial charge in [0, 0.05) is 28.9 Å². The molecule has 0 unspecified atom stereocenters. The van der Waals surface area contributed by atoms with E-state index in [0.717, 1.165) is 11.3 Å². The van der Waals surface area contributed by atoms with Crippen LogP contribution in [-0.4, -0.2) is 15.9 Å². The first kappa shape index (κ1) is 13.9. The first-order valence-electron chi connectivity index (χ1n) is 6.44. The third-order valence-corrected chi connectivity index (χ3v) is 3.72. The maximum atomic E-state index is 12.1. The number of nitrogens with one attached hydrogen (secondary N) is 1. The summed E-state index contributed by atoms with van der Waals surface area (Å²) in [5.74, 6) is -0.253. The van der Waals surface area contributed by atoms with Crippen LogP contribution in [0.1, 0.15) is 15.9 Å². The lowest BCUT2D eigenvalue weighted by molar-refractivity contribution is 0.102. The fourth-order valence-electron chi connectivity index (χ4n) is 1.84. The summed E-state index contributed by atoms with van der Waals surface area (Å²) in [5, 5.41) is 13.9. The summed E-state index contributed by atoms with van der Waals surface area (Å²) >= 11 is 1.35. The lowest BCUT2D eigenvalue weighted by Gasteiger charge is -2.01. The monoisotopic (exact) mass is 306 g/mol. The molecule has 0 radical (unpaired) electrons. The van der Waals surface area contributed by atoms with E-state index in [4.69, 9.17) is 5.26 Å². The molecule has 0 bridgehead atoms. The molecule has 0 aliphatic carbocycles. The smallest absolute Gasteiger partial charge is 0.257 e. The second-order valence-corrected chi connectivity index (χ2v) is 5.28. The number of nitrogens with zero attached hydrogens (tertiary/aromatic N) is 3. The highest BCUT2D eigenvalue weighted by Gasteiger charge is 2.10. The molecule has 1 amide bonds. The van der Waals surface area contributed by atoms with E-state index >= 15 is 0 Å². The van der Waals surface area contributed by atoms with Crippen LogP contribution in [0.2, 0.25) is 0 Å². The largest absolute Gasteiger partial charge is 0.298 e. The highest BCUT2D eigenvalue weighted by Crippen LogP contribution is 2.24. The van der Waals surface area contributed by atoms with E-state index in [1.807, 2.05) is 23.6 Å². The number of anilines is 1. The van der Waals surface area contributed by atoms with Crippen LogP contribution in [-0.2, 0) is 0 Å². The topological polar surface area (TPSA) is 78.7 Å². The number of pyridine rings is 1. The number of nitriles is 1. The Kier molecular flexibility index (Phi) is 3.90. The van der Waals surface area contributed by atoms with Crippen molar-refractivity contribution in [2.75, 3.05) is 5.32 Å². The lowest BCUT2D eigenvalue weighted by Crippen LogP contribution is -2.11. The van der Waals surface area contributed by atoms with Crippen LogP contribution < -0.4 is 5.32 Å². The van der Waals surface area contributed by atoms with Crippen LogP contribution in [0.4, 0.5) is 5.13 Å². The molecular formula is C16H10N4OS. The van der Waals surface area contributed by atoms with Crippen molar-refractivity contribution in [2.24, 2.45) is 0 Å².